The fourth-order valence-electron chi connectivity index (χ4n) is 4.83. The van der Waals surface area contributed by atoms with Crippen LogP contribution in [0.2, 0.25) is 0 Å². The minimum atomic E-state index is -3.53. The van der Waals surface area contributed by atoms with E-state index in [1.807, 2.05) is 18.2 Å². The molecule has 0 aromatic heterocycles. The topological polar surface area (TPSA) is 88.2 Å². The molecule has 0 unspecified atom stereocenters. The van der Waals surface area contributed by atoms with Gasteiger partial charge in [0.05, 0.1) is 20.1 Å². The zero-order valence-corrected chi connectivity index (χ0v) is 20.5. The van der Waals surface area contributed by atoms with Gasteiger partial charge in [-0.15, -0.1) is 0 Å². The van der Waals surface area contributed by atoms with Crippen LogP contribution in [-0.2, 0) is 21.4 Å². The van der Waals surface area contributed by atoms with Gasteiger partial charge in [-0.3, -0.25) is 4.79 Å². The number of carbonyl (C=O) groups is 1. The Hall–Kier alpha value is -1.84. The fourth-order valence-corrected chi connectivity index (χ4v) is 6.77. The van der Waals surface area contributed by atoms with Gasteiger partial charge < -0.3 is 14.8 Å². The third-order valence-corrected chi connectivity index (χ3v) is 8.34. The van der Waals surface area contributed by atoms with E-state index in [1.54, 1.807) is 18.5 Å². The molecular formula is C23H37N3O5S. The second kappa shape index (κ2) is 10.9. The van der Waals surface area contributed by atoms with Crippen LogP contribution in [0.25, 0.3) is 0 Å². The van der Waals surface area contributed by atoms with Crippen LogP contribution in [0.1, 0.15) is 38.7 Å². The summed E-state index contributed by atoms with van der Waals surface area (Å²) in [5.74, 6) is 1.64. The Morgan fingerprint density at radius 3 is 2.41 bits per heavy atom. The van der Waals surface area contributed by atoms with E-state index < -0.39 is 10.2 Å². The highest BCUT2D eigenvalue weighted by Gasteiger charge is 2.38. The maximum Gasteiger partial charge on any atom is 0.282 e. The number of hydrogen-bond acceptors (Lipinski definition) is 5. The number of rotatable bonds is 8. The van der Waals surface area contributed by atoms with Gasteiger partial charge in [-0.05, 0) is 55.2 Å². The van der Waals surface area contributed by atoms with Gasteiger partial charge in [0.25, 0.3) is 10.2 Å². The number of piperidine rings is 2. The highest BCUT2D eigenvalue weighted by atomic mass is 32.2. The first-order chi connectivity index (χ1) is 15.2. The van der Waals surface area contributed by atoms with Crippen molar-refractivity contribution in [3.63, 3.8) is 0 Å². The number of nitrogens with zero attached hydrogens (tertiary/aromatic N) is 2. The molecule has 1 amide bonds. The van der Waals surface area contributed by atoms with Crippen molar-refractivity contribution in [1.82, 2.24) is 13.9 Å². The first-order valence-electron chi connectivity index (χ1n) is 11.5. The number of amides is 1. The SMILES string of the molecule is COc1ccc(CCNC(=O)[C@@H]2CCCN(S(=O)(=O)N3C[C@H](C)C[C@H](C)C3)C2)cc1OC. The van der Waals surface area contributed by atoms with Gasteiger partial charge in [-0.1, -0.05) is 19.9 Å². The number of hydrogen-bond donors (Lipinski definition) is 1. The van der Waals surface area contributed by atoms with Crippen LogP contribution in [0.4, 0.5) is 0 Å². The normalized spacial score (nSPS) is 25.3. The molecule has 1 N–H and O–H groups in total. The minimum Gasteiger partial charge on any atom is -0.493 e. The molecule has 2 heterocycles. The van der Waals surface area contributed by atoms with Gasteiger partial charge in [0.15, 0.2) is 11.5 Å². The molecule has 32 heavy (non-hydrogen) atoms. The molecule has 1 aromatic carbocycles. The fraction of sp³-hybridized carbons (Fsp3) is 0.696. The zero-order valence-electron chi connectivity index (χ0n) is 19.7. The second-order valence-corrected chi connectivity index (χ2v) is 11.1. The summed E-state index contributed by atoms with van der Waals surface area (Å²) < 4.78 is 40.1. The third-order valence-electron chi connectivity index (χ3n) is 6.40. The molecule has 0 saturated carbocycles. The van der Waals surface area contributed by atoms with Crippen molar-refractivity contribution in [2.45, 2.75) is 39.5 Å². The van der Waals surface area contributed by atoms with Crippen LogP contribution >= 0.6 is 0 Å². The summed E-state index contributed by atoms with van der Waals surface area (Å²) in [4.78, 5) is 12.8. The van der Waals surface area contributed by atoms with Crippen molar-refractivity contribution in [1.29, 1.82) is 0 Å². The van der Waals surface area contributed by atoms with Crippen LogP contribution in [0, 0.1) is 17.8 Å². The third kappa shape index (κ3) is 5.94. The Labute approximate surface area is 192 Å². The molecular weight excluding hydrogens is 430 g/mol. The van der Waals surface area contributed by atoms with Crippen LogP contribution < -0.4 is 14.8 Å². The molecule has 2 saturated heterocycles. The van der Waals surface area contributed by atoms with Crippen LogP contribution in [0.3, 0.4) is 0 Å². The van der Waals surface area contributed by atoms with E-state index in [4.69, 9.17) is 9.47 Å². The lowest BCUT2D eigenvalue weighted by Crippen LogP contribution is -2.53. The van der Waals surface area contributed by atoms with E-state index in [9.17, 15) is 13.2 Å². The van der Waals surface area contributed by atoms with Gasteiger partial charge >= 0.3 is 0 Å². The molecule has 9 heteroatoms. The number of methoxy groups -OCH3 is 2. The van der Waals surface area contributed by atoms with E-state index >= 15 is 0 Å². The summed E-state index contributed by atoms with van der Waals surface area (Å²) in [5, 5.41) is 2.99. The average molecular weight is 468 g/mol. The summed E-state index contributed by atoms with van der Waals surface area (Å²) in [6, 6.07) is 5.70. The summed E-state index contributed by atoms with van der Waals surface area (Å²) in [6.45, 7) is 6.54. The Kier molecular flexibility index (Phi) is 8.41. The van der Waals surface area contributed by atoms with E-state index in [2.05, 4.69) is 19.2 Å². The molecule has 0 spiro atoms. The lowest BCUT2D eigenvalue weighted by Gasteiger charge is -2.39. The van der Waals surface area contributed by atoms with Crippen molar-refractivity contribution in [2.24, 2.45) is 17.8 Å². The van der Waals surface area contributed by atoms with Gasteiger partial charge in [-0.2, -0.15) is 17.0 Å². The van der Waals surface area contributed by atoms with E-state index in [-0.39, 0.29) is 18.4 Å². The lowest BCUT2D eigenvalue weighted by molar-refractivity contribution is -0.126. The van der Waals surface area contributed by atoms with E-state index in [0.717, 1.165) is 12.0 Å². The Morgan fingerprint density at radius 2 is 1.75 bits per heavy atom. The first-order valence-corrected chi connectivity index (χ1v) is 12.9. The molecule has 2 aliphatic heterocycles. The predicted molar refractivity (Wildman–Crippen MR) is 124 cm³/mol. The van der Waals surface area contributed by atoms with E-state index in [1.165, 1.54) is 4.31 Å². The standard InChI is InChI=1S/C23H37N3O5S/c1-17-12-18(2)15-26(14-17)32(28,29)25-11-5-6-20(16-25)23(27)24-10-9-19-7-8-21(30-3)22(13-19)31-4/h7-8,13,17-18,20H,5-6,9-12,14-16H2,1-4H3,(H,24,27)/t17-,18+,20-/m1/s1. The van der Waals surface area contributed by atoms with Crippen LogP contribution in [0.5, 0.6) is 11.5 Å². The summed E-state index contributed by atoms with van der Waals surface area (Å²) in [6.07, 6.45) is 3.12. The maximum absolute atomic E-state index is 13.2. The molecule has 180 valence electrons. The highest BCUT2D eigenvalue weighted by Crippen LogP contribution is 2.29. The minimum absolute atomic E-state index is 0.0780. The molecule has 2 aliphatic rings. The van der Waals surface area contributed by atoms with Gasteiger partial charge in [0, 0.05) is 32.7 Å². The van der Waals surface area contributed by atoms with Crippen molar-refractivity contribution in [3.8, 4) is 11.5 Å². The average Bonchev–Trinajstić information content (AvgIpc) is 2.78. The first kappa shape index (κ1) is 24.8. The van der Waals surface area contributed by atoms with Gasteiger partial charge in [0.1, 0.15) is 0 Å². The molecule has 0 radical (unpaired) electrons. The number of benzene rings is 1. The van der Waals surface area contributed by atoms with Crippen molar-refractivity contribution in [3.05, 3.63) is 23.8 Å². The molecule has 3 atom stereocenters. The monoisotopic (exact) mass is 467 g/mol. The second-order valence-electron chi connectivity index (χ2n) is 9.20. The Morgan fingerprint density at radius 1 is 1.06 bits per heavy atom. The highest BCUT2D eigenvalue weighted by molar-refractivity contribution is 7.86. The largest absolute Gasteiger partial charge is 0.493 e. The number of nitrogens with one attached hydrogen (secondary N) is 1. The van der Waals surface area contributed by atoms with Gasteiger partial charge in [0.2, 0.25) is 5.91 Å². The summed E-state index contributed by atoms with van der Waals surface area (Å²) in [5.41, 5.74) is 1.03. The predicted octanol–water partition coefficient (Wildman–Crippen LogP) is 2.30. The Bertz CT molecular complexity index is 882. The summed E-state index contributed by atoms with van der Waals surface area (Å²) >= 11 is 0. The molecule has 1 aromatic rings. The lowest BCUT2D eigenvalue weighted by atomic mass is 9.94. The molecule has 8 nitrogen and oxygen atoms in total. The quantitative estimate of drug-likeness (QED) is 0.634. The van der Waals surface area contributed by atoms with Gasteiger partial charge in [-0.25, -0.2) is 0 Å². The zero-order chi connectivity index (χ0) is 23.3. The van der Waals surface area contributed by atoms with Crippen molar-refractivity contribution in [2.75, 3.05) is 46.9 Å². The maximum atomic E-state index is 13.2. The molecule has 0 aliphatic carbocycles. The summed E-state index contributed by atoms with van der Waals surface area (Å²) in [7, 11) is -0.344. The van der Waals surface area contributed by atoms with E-state index in [0.29, 0.717) is 68.8 Å². The van der Waals surface area contributed by atoms with Crippen molar-refractivity contribution >= 4 is 16.1 Å². The Balaban J connectivity index is 1.54. The van der Waals surface area contributed by atoms with Crippen molar-refractivity contribution < 1.29 is 22.7 Å². The smallest absolute Gasteiger partial charge is 0.282 e. The number of ether oxygens (including phenoxy) is 2. The molecule has 0 bridgehead atoms. The molecule has 3 rings (SSSR count). The van der Waals surface area contributed by atoms with Crippen LogP contribution in [0.15, 0.2) is 18.2 Å². The van der Waals surface area contributed by atoms with Crippen LogP contribution in [-0.4, -0.2) is 69.9 Å². The molecule has 2 fully saturated rings. The number of carbonyl (C=O) groups excluding carboxylic acids is 1.